The summed E-state index contributed by atoms with van der Waals surface area (Å²) in [6.07, 6.45) is 2.51. The lowest BCUT2D eigenvalue weighted by Gasteiger charge is -2.09. The van der Waals surface area contributed by atoms with E-state index in [4.69, 9.17) is 0 Å². The molecule has 0 spiro atoms. The van der Waals surface area contributed by atoms with Crippen LogP contribution in [0.1, 0.15) is 35.6 Å². The Balaban J connectivity index is 1.93. The van der Waals surface area contributed by atoms with Crippen LogP contribution in [0.2, 0.25) is 0 Å². The molecule has 3 aromatic rings. The third kappa shape index (κ3) is 3.62. The number of imidazole rings is 1. The molecular weight excluding hydrogens is 396 g/mol. The van der Waals surface area contributed by atoms with Crippen LogP contribution < -0.4 is 10.6 Å². The van der Waals surface area contributed by atoms with E-state index in [0.29, 0.717) is 23.5 Å². The topological polar surface area (TPSA) is 75.5 Å². The van der Waals surface area contributed by atoms with Crippen LogP contribution in [0.15, 0.2) is 41.0 Å². The Kier molecular flexibility index (Phi) is 5.08. The molecule has 0 aliphatic heterocycles. The molecule has 1 aromatic carbocycles. The van der Waals surface area contributed by atoms with Crippen LogP contribution in [0, 0.1) is 6.92 Å². The van der Waals surface area contributed by atoms with Crippen LogP contribution >= 0.6 is 15.9 Å². The molecule has 0 aliphatic carbocycles. The van der Waals surface area contributed by atoms with Gasteiger partial charge >= 0.3 is 0 Å². The zero-order valence-corrected chi connectivity index (χ0v) is 16.3. The Morgan fingerprint density at radius 1 is 1.15 bits per heavy atom. The predicted octanol–water partition coefficient (Wildman–Crippen LogP) is 4.18. The van der Waals surface area contributed by atoms with Crippen molar-refractivity contribution in [2.24, 2.45) is 0 Å². The molecule has 0 saturated heterocycles. The van der Waals surface area contributed by atoms with Crippen LogP contribution in [0.5, 0.6) is 0 Å². The molecule has 0 fully saturated rings. The van der Waals surface area contributed by atoms with Crippen molar-refractivity contribution in [2.45, 2.75) is 27.2 Å². The Morgan fingerprint density at radius 3 is 2.35 bits per heavy atom. The van der Waals surface area contributed by atoms with Crippen LogP contribution in [0.4, 0.5) is 11.4 Å². The number of amides is 2. The van der Waals surface area contributed by atoms with E-state index >= 15 is 0 Å². The van der Waals surface area contributed by atoms with Crippen LogP contribution in [-0.2, 0) is 11.2 Å². The van der Waals surface area contributed by atoms with Gasteiger partial charge < -0.3 is 10.6 Å². The average molecular weight is 415 g/mol. The highest BCUT2D eigenvalue weighted by atomic mass is 79.9. The van der Waals surface area contributed by atoms with E-state index in [1.165, 1.54) is 6.92 Å². The van der Waals surface area contributed by atoms with Crippen molar-refractivity contribution in [3.63, 3.8) is 0 Å². The van der Waals surface area contributed by atoms with Gasteiger partial charge in [0.2, 0.25) is 5.91 Å². The molecule has 3 rings (SSSR count). The average Bonchev–Trinajstić information content (AvgIpc) is 2.95. The smallest absolute Gasteiger partial charge is 0.274 e. The van der Waals surface area contributed by atoms with Crippen molar-refractivity contribution in [3.05, 3.63) is 58.0 Å². The fourth-order valence-electron chi connectivity index (χ4n) is 2.83. The van der Waals surface area contributed by atoms with Gasteiger partial charge in [-0.2, -0.15) is 0 Å². The lowest BCUT2D eigenvalue weighted by atomic mass is 10.2. The van der Waals surface area contributed by atoms with Crippen molar-refractivity contribution in [3.8, 4) is 0 Å². The molecular formula is C19H19BrN4O2. The highest BCUT2D eigenvalue weighted by Crippen LogP contribution is 2.22. The number of anilines is 2. The Bertz CT molecular complexity index is 993. The molecule has 134 valence electrons. The van der Waals surface area contributed by atoms with Crippen LogP contribution in [-0.4, -0.2) is 21.2 Å². The zero-order chi connectivity index (χ0) is 18.8. The van der Waals surface area contributed by atoms with Crippen molar-refractivity contribution in [2.75, 3.05) is 10.6 Å². The molecule has 0 aliphatic rings. The van der Waals surface area contributed by atoms with Gasteiger partial charge in [-0.3, -0.25) is 14.0 Å². The molecule has 0 bridgehead atoms. The van der Waals surface area contributed by atoms with Crippen molar-refractivity contribution in [1.29, 1.82) is 0 Å². The second-order valence-electron chi connectivity index (χ2n) is 6.01. The summed E-state index contributed by atoms with van der Waals surface area (Å²) in [5.74, 6) is -0.361. The molecule has 2 aromatic heterocycles. The molecule has 2 heterocycles. The fraction of sp³-hybridized carbons (Fsp3) is 0.211. The molecule has 7 heteroatoms. The van der Waals surface area contributed by atoms with E-state index in [1.54, 1.807) is 24.3 Å². The lowest BCUT2D eigenvalue weighted by molar-refractivity contribution is -0.114. The van der Waals surface area contributed by atoms with E-state index in [-0.39, 0.29) is 11.8 Å². The first kappa shape index (κ1) is 18.1. The molecule has 0 saturated carbocycles. The summed E-state index contributed by atoms with van der Waals surface area (Å²) in [4.78, 5) is 28.6. The minimum atomic E-state index is -0.223. The number of carbonyl (C=O) groups is 2. The number of aromatic nitrogens is 2. The third-order valence-corrected chi connectivity index (χ3v) is 4.39. The van der Waals surface area contributed by atoms with E-state index in [9.17, 15) is 9.59 Å². The van der Waals surface area contributed by atoms with Crippen molar-refractivity contribution >= 4 is 44.8 Å². The summed E-state index contributed by atoms with van der Waals surface area (Å²) in [7, 11) is 0. The monoisotopic (exact) mass is 414 g/mol. The van der Waals surface area contributed by atoms with Gasteiger partial charge in [-0.15, -0.1) is 0 Å². The predicted molar refractivity (Wildman–Crippen MR) is 106 cm³/mol. The summed E-state index contributed by atoms with van der Waals surface area (Å²) in [6, 6.07) is 8.96. The number of rotatable bonds is 4. The lowest BCUT2D eigenvalue weighted by Crippen LogP contribution is -2.16. The quantitative estimate of drug-likeness (QED) is 0.672. The first-order valence-electron chi connectivity index (χ1n) is 8.25. The highest BCUT2D eigenvalue weighted by molar-refractivity contribution is 9.10. The number of benzene rings is 1. The maximum atomic E-state index is 12.9. The molecule has 26 heavy (non-hydrogen) atoms. The first-order valence-corrected chi connectivity index (χ1v) is 9.04. The summed E-state index contributed by atoms with van der Waals surface area (Å²) in [5, 5.41) is 5.60. The standard InChI is InChI=1S/C19H19BrN4O2/c1-4-16-17(24-10-13(20)9-11(2)18(24)23-16)19(26)22-15-7-5-14(6-8-15)21-12(3)25/h5-10H,4H2,1-3H3,(H,21,25)(H,22,26). The van der Waals surface area contributed by atoms with Gasteiger partial charge in [0.1, 0.15) is 11.3 Å². The van der Waals surface area contributed by atoms with Gasteiger partial charge in [0.25, 0.3) is 5.91 Å². The number of carbonyl (C=O) groups excluding carboxylic acids is 2. The highest BCUT2D eigenvalue weighted by Gasteiger charge is 2.19. The summed E-state index contributed by atoms with van der Waals surface area (Å²) in [5.41, 5.74) is 4.37. The molecule has 0 unspecified atom stereocenters. The molecule has 6 nitrogen and oxygen atoms in total. The number of hydrogen-bond acceptors (Lipinski definition) is 3. The maximum Gasteiger partial charge on any atom is 0.274 e. The Labute approximate surface area is 159 Å². The van der Waals surface area contributed by atoms with E-state index in [2.05, 4.69) is 31.5 Å². The zero-order valence-electron chi connectivity index (χ0n) is 14.8. The number of hydrogen-bond donors (Lipinski definition) is 2. The van der Waals surface area contributed by atoms with E-state index in [1.807, 2.05) is 30.5 Å². The minimum Gasteiger partial charge on any atom is -0.326 e. The maximum absolute atomic E-state index is 12.9. The van der Waals surface area contributed by atoms with Gasteiger partial charge in [-0.1, -0.05) is 6.92 Å². The van der Waals surface area contributed by atoms with Crippen molar-refractivity contribution in [1.82, 2.24) is 9.38 Å². The SMILES string of the molecule is CCc1nc2c(C)cc(Br)cn2c1C(=O)Nc1ccc(NC(C)=O)cc1. The molecule has 2 N–H and O–H groups in total. The van der Waals surface area contributed by atoms with Crippen molar-refractivity contribution < 1.29 is 9.59 Å². The normalized spacial score (nSPS) is 10.8. The van der Waals surface area contributed by atoms with E-state index in [0.717, 1.165) is 21.4 Å². The van der Waals surface area contributed by atoms with Gasteiger partial charge in [0, 0.05) is 29.0 Å². The van der Waals surface area contributed by atoms with Gasteiger partial charge in [0.15, 0.2) is 0 Å². The number of fused-ring (bicyclic) bond motifs is 1. The summed E-state index contributed by atoms with van der Waals surface area (Å²) < 4.78 is 2.70. The molecule has 0 radical (unpaired) electrons. The first-order chi connectivity index (χ1) is 12.4. The van der Waals surface area contributed by atoms with Gasteiger partial charge in [0.05, 0.1) is 5.69 Å². The second kappa shape index (κ2) is 7.29. The number of nitrogens with one attached hydrogen (secondary N) is 2. The number of halogens is 1. The van der Waals surface area contributed by atoms with Crippen LogP contribution in [0.25, 0.3) is 5.65 Å². The minimum absolute atomic E-state index is 0.138. The van der Waals surface area contributed by atoms with Gasteiger partial charge in [-0.25, -0.2) is 4.98 Å². The Morgan fingerprint density at radius 2 is 1.77 bits per heavy atom. The van der Waals surface area contributed by atoms with Gasteiger partial charge in [-0.05, 0) is 65.2 Å². The Hall–Kier alpha value is -2.67. The number of nitrogens with zero attached hydrogens (tertiary/aromatic N) is 2. The third-order valence-electron chi connectivity index (χ3n) is 3.96. The summed E-state index contributed by atoms with van der Waals surface area (Å²) >= 11 is 3.48. The largest absolute Gasteiger partial charge is 0.326 e. The van der Waals surface area contributed by atoms with Crippen LogP contribution in [0.3, 0.4) is 0 Å². The molecule has 2 amide bonds. The second-order valence-corrected chi connectivity index (χ2v) is 6.92. The number of aryl methyl sites for hydroxylation is 2. The number of pyridine rings is 1. The summed E-state index contributed by atoms with van der Waals surface area (Å²) in [6.45, 7) is 5.40. The molecule has 0 atom stereocenters. The fourth-order valence-corrected chi connectivity index (χ4v) is 3.38. The van der Waals surface area contributed by atoms with E-state index < -0.39 is 0 Å².